The van der Waals surface area contributed by atoms with Gasteiger partial charge in [-0.2, -0.15) is 13.2 Å². The van der Waals surface area contributed by atoms with Gasteiger partial charge in [-0.25, -0.2) is 0 Å². The standard InChI is InChI=1S/C18H18ClF3O2Si/c1-25(2,3)24-17(18(20,21)22,14-7-5-4-6-8-14)16(23)13-9-11-15(19)12-10-13/h4-12H,1-3H3. The first-order valence-corrected chi connectivity index (χ1v) is 11.4. The lowest BCUT2D eigenvalue weighted by molar-refractivity contribution is -0.235. The van der Waals surface area contributed by atoms with Crippen molar-refractivity contribution in [2.75, 3.05) is 0 Å². The third-order valence-electron chi connectivity index (χ3n) is 3.46. The van der Waals surface area contributed by atoms with Gasteiger partial charge < -0.3 is 4.43 Å². The van der Waals surface area contributed by atoms with E-state index in [9.17, 15) is 18.0 Å². The van der Waals surface area contributed by atoms with Gasteiger partial charge in [0.15, 0.2) is 8.32 Å². The molecule has 0 aliphatic carbocycles. The lowest BCUT2D eigenvalue weighted by atomic mass is 9.85. The van der Waals surface area contributed by atoms with Gasteiger partial charge in [0.2, 0.25) is 11.4 Å². The van der Waals surface area contributed by atoms with Crippen molar-refractivity contribution in [2.45, 2.75) is 31.4 Å². The number of carbonyl (C=O) groups excluding carboxylic acids is 1. The molecule has 1 atom stereocenters. The Hall–Kier alpha value is -1.63. The van der Waals surface area contributed by atoms with E-state index in [1.807, 2.05) is 0 Å². The van der Waals surface area contributed by atoms with Crippen molar-refractivity contribution in [3.63, 3.8) is 0 Å². The van der Waals surface area contributed by atoms with Gasteiger partial charge in [-0.05, 0) is 49.5 Å². The van der Waals surface area contributed by atoms with Crippen LogP contribution in [-0.4, -0.2) is 20.3 Å². The zero-order valence-corrected chi connectivity index (χ0v) is 15.8. The summed E-state index contributed by atoms with van der Waals surface area (Å²) in [4.78, 5) is 13.0. The Kier molecular flexibility index (Phi) is 5.46. The topological polar surface area (TPSA) is 26.3 Å². The van der Waals surface area contributed by atoms with Gasteiger partial charge in [0, 0.05) is 10.6 Å². The number of halogens is 4. The summed E-state index contributed by atoms with van der Waals surface area (Å²) in [6.45, 7) is 4.85. The highest BCUT2D eigenvalue weighted by Gasteiger charge is 2.64. The zero-order chi connectivity index (χ0) is 18.9. The van der Waals surface area contributed by atoms with Crippen LogP contribution in [0.5, 0.6) is 0 Å². The van der Waals surface area contributed by atoms with E-state index in [0.717, 1.165) is 0 Å². The Morgan fingerprint density at radius 2 is 1.48 bits per heavy atom. The second kappa shape index (κ2) is 6.94. The van der Waals surface area contributed by atoms with E-state index in [4.69, 9.17) is 16.0 Å². The van der Waals surface area contributed by atoms with Crippen LogP contribution in [0.1, 0.15) is 15.9 Å². The fraction of sp³-hybridized carbons (Fsp3) is 0.278. The molecule has 2 nitrogen and oxygen atoms in total. The summed E-state index contributed by atoms with van der Waals surface area (Å²) in [7, 11) is -2.76. The van der Waals surface area contributed by atoms with Crippen LogP contribution in [0.3, 0.4) is 0 Å². The van der Waals surface area contributed by atoms with Gasteiger partial charge in [-0.15, -0.1) is 0 Å². The van der Waals surface area contributed by atoms with Crippen LogP contribution in [0.25, 0.3) is 0 Å². The Morgan fingerprint density at radius 1 is 0.960 bits per heavy atom. The SMILES string of the molecule is C[Si](C)(C)OC(C(=O)c1ccc(Cl)cc1)(c1ccccc1)C(F)(F)F. The predicted molar refractivity (Wildman–Crippen MR) is 94.4 cm³/mol. The summed E-state index contributed by atoms with van der Waals surface area (Å²) in [6, 6.07) is 12.4. The highest BCUT2D eigenvalue weighted by molar-refractivity contribution is 6.70. The van der Waals surface area contributed by atoms with Crippen molar-refractivity contribution in [3.8, 4) is 0 Å². The molecule has 0 bridgehead atoms. The van der Waals surface area contributed by atoms with Crippen LogP contribution < -0.4 is 0 Å². The second-order valence-corrected chi connectivity index (χ2v) is 11.5. The molecule has 0 N–H and O–H groups in total. The minimum Gasteiger partial charge on any atom is -0.395 e. The number of benzene rings is 2. The van der Waals surface area contributed by atoms with Gasteiger partial charge in [0.25, 0.3) is 0 Å². The van der Waals surface area contributed by atoms with E-state index in [1.165, 1.54) is 48.5 Å². The van der Waals surface area contributed by atoms with E-state index >= 15 is 0 Å². The van der Waals surface area contributed by atoms with Crippen LogP contribution in [0, 0.1) is 0 Å². The Labute approximate surface area is 150 Å². The predicted octanol–water partition coefficient (Wildman–Crippen LogP) is 5.83. The van der Waals surface area contributed by atoms with Crippen LogP contribution >= 0.6 is 11.6 Å². The molecule has 0 saturated carbocycles. The second-order valence-electron chi connectivity index (χ2n) is 6.60. The lowest BCUT2D eigenvalue weighted by Gasteiger charge is -2.39. The summed E-state index contributed by atoms with van der Waals surface area (Å²) >= 11 is 5.79. The highest BCUT2D eigenvalue weighted by Crippen LogP contribution is 2.46. The van der Waals surface area contributed by atoms with E-state index < -0.39 is 25.9 Å². The minimum atomic E-state index is -4.93. The molecular weight excluding hydrogens is 369 g/mol. The quantitative estimate of drug-likeness (QED) is 0.477. The minimum absolute atomic E-state index is 0.108. The molecule has 25 heavy (non-hydrogen) atoms. The summed E-state index contributed by atoms with van der Waals surface area (Å²) in [5.41, 5.74) is -3.39. The van der Waals surface area contributed by atoms with Gasteiger partial charge in [-0.1, -0.05) is 41.9 Å². The maximum atomic E-state index is 14.3. The van der Waals surface area contributed by atoms with Gasteiger partial charge >= 0.3 is 6.18 Å². The number of hydrogen-bond donors (Lipinski definition) is 0. The largest absolute Gasteiger partial charge is 0.428 e. The maximum Gasteiger partial charge on any atom is 0.428 e. The fourth-order valence-electron chi connectivity index (χ4n) is 2.52. The smallest absolute Gasteiger partial charge is 0.395 e. The number of Topliss-reactive ketones (excluding diaryl/α,β-unsaturated/α-hetero) is 1. The summed E-state index contributed by atoms with van der Waals surface area (Å²) < 4.78 is 48.3. The Balaban J connectivity index is 2.73. The monoisotopic (exact) mass is 386 g/mol. The van der Waals surface area contributed by atoms with Gasteiger partial charge in [0.1, 0.15) is 0 Å². The number of alkyl halides is 3. The van der Waals surface area contributed by atoms with Crippen molar-refractivity contribution in [3.05, 3.63) is 70.7 Å². The normalized spacial score (nSPS) is 14.8. The molecule has 0 aliphatic heterocycles. The first-order chi connectivity index (χ1) is 11.5. The van der Waals surface area contributed by atoms with Crippen LogP contribution in [0.4, 0.5) is 13.2 Å². The summed E-state index contributed by atoms with van der Waals surface area (Å²) in [6.07, 6.45) is -4.93. The van der Waals surface area contributed by atoms with Crippen molar-refractivity contribution >= 4 is 25.7 Å². The molecule has 0 heterocycles. The molecule has 0 spiro atoms. The molecule has 0 fully saturated rings. The summed E-state index contributed by atoms with van der Waals surface area (Å²) in [5.74, 6) is -1.15. The molecule has 1 unspecified atom stereocenters. The number of rotatable bonds is 5. The zero-order valence-electron chi connectivity index (χ0n) is 14.0. The van der Waals surface area contributed by atoms with Gasteiger partial charge in [-0.3, -0.25) is 4.79 Å². The first-order valence-electron chi connectivity index (χ1n) is 7.60. The van der Waals surface area contributed by atoms with E-state index in [2.05, 4.69) is 0 Å². The Morgan fingerprint density at radius 3 is 1.92 bits per heavy atom. The number of hydrogen-bond acceptors (Lipinski definition) is 2. The third kappa shape index (κ3) is 4.14. The number of carbonyl (C=O) groups is 1. The van der Waals surface area contributed by atoms with Crippen LogP contribution in [0.2, 0.25) is 24.7 Å². The lowest BCUT2D eigenvalue weighted by Crippen LogP contribution is -2.56. The maximum absolute atomic E-state index is 14.3. The van der Waals surface area contributed by atoms with Crippen molar-refractivity contribution < 1.29 is 22.4 Å². The van der Waals surface area contributed by atoms with E-state index in [0.29, 0.717) is 5.02 Å². The molecule has 0 aromatic heterocycles. The van der Waals surface area contributed by atoms with Crippen molar-refractivity contribution in [2.24, 2.45) is 0 Å². The molecule has 0 amide bonds. The molecule has 0 saturated heterocycles. The molecule has 2 rings (SSSR count). The van der Waals surface area contributed by atoms with E-state index in [1.54, 1.807) is 25.7 Å². The average Bonchev–Trinajstić information content (AvgIpc) is 2.51. The molecule has 0 radical (unpaired) electrons. The average molecular weight is 387 g/mol. The van der Waals surface area contributed by atoms with Crippen LogP contribution in [-0.2, 0) is 10.0 Å². The fourth-order valence-corrected chi connectivity index (χ4v) is 3.89. The van der Waals surface area contributed by atoms with Crippen molar-refractivity contribution in [1.29, 1.82) is 0 Å². The molecule has 2 aromatic rings. The molecule has 2 aromatic carbocycles. The highest BCUT2D eigenvalue weighted by atomic mass is 35.5. The molecule has 0 aliphatic rings. The van der Waals surface area contributed by atoms with E-state index in [-0.39, 0.29) is 11.1 Å². The Bertz CT molecular complexity index is 740. The first kappa shape index (κ1) is 19.7. The van der Waals surface area contributed by atoms with Crippen molar-refractivity contribution in [1.82, 2.24) is 0 Å². The number of ketones is 1. The summed E-state index contributed by atoms with van der Waals surface area (Å²) in [5, 5.41) is 0.333. The molecule has 134 valence electrons. The van der Waals surface area contributed by atoms with Crippen LogP contribution in [0.15, 0.2) is 54.6 Å². The van der Waals surface area contributed by atoms with Gasteiger partial charge in [0.05, 0.1) is 0 Å². The third-order valence-corrected chi connectivity index (χ3v) is 4.64. The molecule has 7 heteroatoms. The molecular formula is C18H18ClF3O2Si.